The van der Waals surface area contributed by atoms with E-state index in [0.29, 0.717) is 13.1 Å². The van der Waals surface area contributed by atoms with Crippen LogP contribution in [0.25, 0.3) is 0 Å². The molecule has 2 aliphatic rings. The summed E-state index contributed by atoms with van der Waals surface area (Å²) in [6, 6.07) is 5.98. The standard InChI is InChI=1S/C18H25N3O2S/c1-12-3-4-14(9-13(12)2)18(23)21-7-5-15(6-8-21)20-17(22)16-10-24-11-19-16/h3-4,9,15-16,19H,5-8,10-11H2,1-2H3,(H,20,22). The Bertz CT molecular complexity index is 621. The molecule has 1 aromatic rings. The molecule has 0 aliphatic carbocycles. The van der Waals surface area contributed by atoms with Crippen LogP contribution in [0.5, 0.6) is 0 Å². The third-order valence-electron chi connectivity index (χ3n) is 4.92. The molecule has 2 amide bonds. The van der Waals surface area contributed by atoms with Crippen LogP contribution in [0.3, 0.4) is 0 Å². The Morgan fingerprint density at radius 1 is 1.21 bits per heavy atom. The smallest absolute Gasteiger partial charge is 0.253 e. The summed E-state index contributed by atoms with van der Waals surface area (Å²) in [6.07, 6.45) is 1.64. The van der Waals surface area contributed by atoms with Crippen LogP contribution in [-0.2, 0) is 4.79 Å². The number of nitrogens with one attached hydrogen (secondary N) is 2. The number of likely N-dealkylation sites (tertiary alicyclic amines) is 1. The molecule has 24 heavy (non-hydrogen) atoms. The first-order chi connectivity index (χ1) is 11.5. The zero-order valence-corrected chi connectivity index (χ0v) is 15.1. The fourth-order valence-corrected chi connectivity index (χ4v) is 4.09. The predicted molar refractivity (Wildman–Crippen MR) is 97.2 cm³/mol. The van der Waals surface area contributed by atoms with E-state index in [1.807, 2.05) is 30.0 Å². The normalized spacial score (nSPS) is 21.8. The number of aryl methyl sites for hydroxylation is 2. The molecule has 1 atom stereocenters. The second-order valence-corrected chi connectivity index (χ2v) is 7.68. The molecule has 6 heteroatoms. The Kier molecular flexibility index (Phi) is 5.46. The number of nitrogens with zero attached hydrogens (tertiary/aromatic N) is 1. The van der Waals surface area contributed by atoms with Gasteiger partial charge in [0, 0.05) is 36.3 Å². The Labute approximate surface area is 147 Å². The molecule has 3 rings (SSSR count). The van der Waals surface area contributed by atoms with Crippen LogP contribution >= 0.6 is 11.8 Å². The number of rotatable bonds is 3. The average molecular weight is 347 g/mol. The van der Waals surface area contributed by atoms with Crippen molar-refractivity contribution in [2.24, 2.45) is 0 Å². The monoisotopic (exact) mass is 347 g/mol. The number of carbonyl (C=O) groups excluding carboxylic acids is 2. The van der Waals surface area contributed by atoms with Crippen LogP contribution in [0, 0.1) is 13.8 Å². The first kappa shape index (κ1) is 17.3. The van der Waals surface area contributed by atoms with Crippen molar-refractivity contribution >= 4 is 23.6 Å². The minimum Gasteiger partial charge on any atom is -0.352 e. The molecule has 130 valence electrons. The van der Waals surface area contributed by atoms with E-state index in [4.69, 9.17) is 0 Å². The molecule has 2 N–H and O–H groups in total. The van der Waals surface area contributed by atoms with Crippen molar-refractivity contribution in [3.63, 3.8) is 0 Å². The van der Waals surface area contributed by atoms with Crippen LogP contribution in [0.15, 0.2) is 18.2 Å². The number of carbonyl (C=O) groups is 2. The van der Waals surface area contributed by atoms with Crippen LogP contribution in [0.4, 0.5) is 0 Å². The van der Waals surface area contributed by atoms with Crippen LogP contribution in [0.2, 0.25) is 0 Å². The molecule has 0 saturated carbocycles. The fourth-order valence-electron chi connectivity index (χ4n) is 3.15. The summed E-state index contributed by atoms with van der Waals surface area (Å²) in [5, 5.41) is 6.31. The Balaban J connectivity index is 1.51. The van der Waals surface area contributed by atoms with Gasteiger partial charge in [0.15, 0.2) is 0 Å². The lowest BCUT2D eigenvalue weighted by atomic mass is 10.0. The van der Waals surface area contributed by atoms with Gasteiger partial charge in [-0.05, 0) is 49.9 Å². The molecule has 5 nitrogen and oxygen atoms in total. The topological polar surface area (TPSA) is 61.4 Å². The molecular weight excluding hydrogens is 322 g/mol. The summed E-state index contributed by atoms with van der Waals surface area (Å²) in [4.78, 5) is 26.7. The minimum absolute atomic E-state index is 0.0646. The lowest BCUT2D eigenvalue weighted by Crippen LogP contribution is -2.51. The van der Waals surface area contributed by atoms with Crippen molar-refractivity contribution in [1.29, 1.82) is 0 Å². The Morgan fingerprint density at radius 3 is 2.58 bits per heavy atom. The van der Waals surface area contributed by atoms with Gasteiger partial charge >= 0.3 is 0 Å². The van der Waals surface area contributed by atoms with E-state index >= 15 is 0 Å². The summed E-state index contributed by atoms with van der Waals surface area (Å²) < 4.78 is 0. The van der Waals surface area contributed by atoms with Crippen LogP contribution < -0.4 is 10.6 Å². The van der Waals surface area contributed by atoms with Crippen molar-refractivity contribution in [3.05, 3.63) is 34.9 Å². The van der Waals surface area contributed by atoms with Crippen molar-refractivity contribution in [1.82, 2.24) is 15.5 Å². The second-order valence-electron chi connectivity index (χ2n) is 6.65. The number of piperidine rings is 1. The highest BCUT2D eigenvalue weighted by molar-refractivity contribution is 7.99. The summed E-state index contributed by atoms with van der Waals surface area (Å²) in [6.45, 7) is 5.48. The van der Waals surface area contributed by atoms with Gasteiger partial charge in [-0.15, -0.1) is 11.8 Å². The first-order valence-electron chi connectivity index (χ1n) is 8.52. The molecule has 2 heterocycles. The van der Waals surface area contributed by atoms with Gasteiger partial charge in [0.05, 0.1) is 6.04 Å². The lowest BCUT2D eigenvalue weighted by molar-refractivity contribution is -0.123. The van der Waals surface area contributed by atoms with E-state index in [1.54, 1.807) is 11.8 Å². The van der Waals surface area contributed by atoms with Crippen molar-refractivity contribution in [2.75, 3.05) is 24.7 Å². The van der Waals surface area contributed by atoms with E-state index in [0.717, 1.165) is 35.6 Å². The molecule has 2 fully saturated rings. The van der Waals surface area contributed by atoms with Gasteiger partial charge < -0.3 is 10.2 Å². The summed E-state index contributed by atoms with van der Waals surface area (Å²) >= 11 is 1.75. The molecule has 1 unspecified atom stereocenters. The van der Waals surface area contributed by atoms with Crippen LogP contribution in [-0.4, -0.2) is 53.5 Å². The SMILES string of the molecule is Cc1ccc(C(=O)N2CCC(NC(=O)C3CSCN3)CC2)cc1C. The third-order valence-corrected chi connectivity index (χ3v) is 5.86. The van der Waals surface area contributed by atoms with E-state index in [2.05, 4.69) is 17.6 Å². The largest absolute Gasteiger partial charge is 0.352 e. The number of thioether (sulfide) groups is 1. The molecule has 2 aliphatic heterocycles. The maximum absolute atomic E-state index is 12.6. The van der Waals surface area contributed by atoms with Gasteiger partial charge in [0.1, 0.15) is 0 Å². The average Bonchev–Trinajstić information content (AvgIpc) is 3.12. The Hall–Kier alpha value is -1.53. The number of hydrogen-bond donors (Lipinski definition) is 2. The van der Waals surface area contributed by atoms with Gasteiger partial charge in [0.2, 0.25) is 5.91 Å². The quantitative estimate of drug-likeness (QED) is 0.873. The number of benzene rings is 1. The van der Waals surface area contributed by atoms with Crippen molar-refractivity contribution in [3.8, 4) is 0 Å². The zero-order chi connectivity index (χ0) is 17.1. The maximum Gasteiger partial charge on any atom is 0.253 e. The van der Waals surface area contributed by atoms with Gasteiger partial charge in [0.25, 0.3) is 5.91 Å². The van der Waals surface area contributed by atoms with Crippen molar-refractivity contribution < 1.29 is 9.59 Å². The van der Waals surface area contributed by atoms with E-state index in [1.165, 1.54) is 5.56 Å². The third kappa shape index (κ3) is 3.92. The van der Waals surface area contributed by atoms with E-state index in [-0.39, 0.29) is 23.9 Å². The molecule has 0 spiro atoms. The highest BCUT2D eigenvalue weighted by atomic mass is 32.2. The number of amides is 2. The molecule has 1 aromatic carbocycles. The zero-order valence-electron chi connectivity index (χ0n) is 14.3. The fraction of sp³-hybridized carbons (Fsp3) is 0.556. The Morgan fingerprint density at radius 2 is 1.96 bits per heavy atom. The molecule has 0 radical (unpaired) electrons. The van der Waals surface area contributed by atoms with E-state index < -0.39 is 0 Å². The molecule has 0 aromatic heterocycles. The molecular formula is C18H25N3O2S. The predicted octanol–water partition coefficient (Wildman–Crippen LogP) is 1.69. The summed E-state index contributed by atoms with van der Waals surface area (Å²) in [5.74, 6) is 1.88. The van der Waals surface area contributed by atoms with Gasteiger partial charge in [-0.1, -0.05) is 6.07 Å². The minimum atomic E-state index is -0.0646. The maximum atomic E-state index is 12.6. The molecule has 0 bridgehead atoms. The lowest BCUT2D eigenvalue weighted by Gasteiger charge is -2.33. The highest BCUT2D eigenvalue weighted by Crippen LogP contribution is 2.17. The first-order valence-corrected chi connectivity index (χ1v) is 9.68. The van der Waals surface area contributed by atoms with Crippen LogP contribution in [0.1, 0.15) is 34.3 Å². The molecule has 2 saturated heterocycles. The van der Waals surface area contributed by atoms with Gasteiger partial charge in [-0.2, -0.15) is 0 Å². The van der Waals surface area contributed by atoms with Crippen molar-refractivity contribution in [2.45, 2.75) is 38.8 Å². The van der Waals surface area contributed by atoms with E-state index in [9.17, 15) is 9.59 Å². The van der Waals surface area contributed by atoms with Gasteiger partial charge in [-0.3, -0.25) is 14.9 Å². The number of hydrogen-bond acceptors (Lipinski definition) is 4. The second kappa shape index (κ2) is 7.57. The van der Waals surface area contributed by atoms with Gasteiger partial charge in [-0.25, -0.2) is 0 Å². The summed E-state index contributed by atoms with van der Waals surface area (Å²) in [7, 11) is 0. The highest BCUT2D eigenvalue weighted by Gasteiger charge is 2.28. The summed E-state index contributed by atoms with van der Waals surface area (Å²) in [5.41, 5.74) is 3.10.